The molecule has 0 saturated carbocycles. The van der Waals surface area contributed by atoms with Gasteiger partial charge in [0.15, 0.2) is 11.5 Å². The first-order valence-corrected chi connectivity index (χ1v) is 9.43. The zero-order chi connectivity index (χ0) is 18.7. The highest BCUT2D eigenvalue weighted by molar-refractivity contribution is 7.89. The standard InChI is InChI=1S/C17H19N3O5S/c1-11(13-3-5-14(6-4-13)26(18,22)23)20-17(21)19-9-12-2-7-15-16(8-12)25-10-24-15/h2-8,11H,9-10H2,1H3,(H2,18,22,23)(H2,19,20,21)/t11-/m0/s1. The molecule has 1 atom stereocenters. The lowest BCUT2D eigenvalue weighted by atomic mass is 10.1. The first-order valence-electron chi connectivity index (χ1n) is 7.88. The van der Waals surface area contributed by atoms with E-state index < -0.39 is 10.0 Å². The minimum Gasteiger partial charge on any atom is -0.454 e. The van der Waals surface area contributed by atoms with E-state index in [9.17, 15) is 13.2 Å². The number of hydrogen-bond acceptors (Lipinski definition) is 5. The lowest BCUT2D eigenvalue weighted by Crippen LogP contribution is -2.36. The number of nitrogens with two attached hydrogens (primary N) is 1. The van der Waals surface area contributed by atoms with Gasteiger partial charge in [-0.15, -0.1) is 0 Å². The normalized spacial score (nSPS) is 13.9. The molecule has 8 nitrogen and oxygen atoms in total. The Labute approximate surface area is 151 Å². The number of sulfonamides is 1. The molecule has 1 heterocycles. The number of rotatable bonds is 5. The lowest BCUT2D eigenvalue weighted by molar-refractivity contribution is 0.174. The number of hydrogen-bond donors (Lipinski definition) is 3. The van der Waals surface area contributed by atoms with Crippen LogP contribution in [-0.2, 0) is 16.6 Å². The summed E-state index contributed by atoms with van der Waals surface area (Å²) in [5.74, 6) is 1.35. The SMILES string of the molecule is C[C@H](NC(=O)NCc1ccc2c(c1)OCO2)c1ccc(S(N)(=O)=O)cc1. The van der Waals surface area contributed by atoms with Crippen molar-refractivity contribution in [2.24, 2.45) is 5.14 Å². The van der Waals surface area contributed by atoms with Crippen molar-refractivity contribution in [2.45, 2.75) is 24.4 Å². The first-order chi connectivity index (χ1) is 12.3. The van der Waals surface area contributed by atoms with Crippen molar-refractivity contribution < 1.29 is 22.7 Å². The van der Waals surface area contributed by atoms with Gasteiger partial charge in [-0.3, -0.25) is 0 Å². The van der Waals surface area contributed by atoms with Crippen LogP contribution in [0.15, 0.2) is 47.4 Å². The van der Waals surface area contributed by atoms with E-state index in [0.717, 1.165) is 11.1 Å². The fourth-order valence-corrected chi connectivity index (χ4v) is 3.03. The second-order valence-corrected chi connectivity index (χ2v) is 7.41. The highest BCUT2D eigenvalue weighted by atomic mass is 32.2. The Morgan fingerprint density at radius 2 is 1.85 bits per heavy atom. The third-order valence-electron chi connectivity index (χ3n) is 3.95. The molecule has 26 heavy (non-hydrogen) atoms. The molecule has 3 rings (SSSR count). The fraction of sp³-hybridized carbons (Fsp3) is 0.235. The van der Waals surface area contributed by atoms with Crippen LogP contribution in [-0.4, -0.2) is 21.2 Å². The lowest BCUT2D eigenvalue weighted by Gasteiger charge is -2.15. The van der Waals surface area contributed by atoms with Crippen LogP contribution in [0.5, 0.6) is 11.5 Å². The molecule has 0 bridgehead atoms. The van der Waals surface area contributed by atoms with Crippen LogP contribution in [0, 0.1) is 0 Å². The summed E-state index contributed by atoms with van der Waals surface area (Å²) in [6, 6.07) is 10.9. The number of benzene rings is 2. The Hall–Kier alpha value is -2.78. The van der Waals surface area contributed by atoms with Gasteiger partial charge in [-0.25, -0.2) is 18.4 Å². The van der Waals surface area contributed by atoms with Crippen LogP contribution < -0.4 is 25.2 Å². The molecule has 0 spiro atoms. The fourth-order valence-electron chi connectivity index (χ4n) is 2.51. The Balaban J connectivity index is 1.54. The zero-order valence-corrected chi connectivity index (χ0v) is 14.9. The van der Waals surface area contributed by atoms with Crippen molar-refractivity contribution in [3.63, 3.8) is 0 Å². The second-order valence-electron chi connectivity index (χ2n) is 5.85. The molecular formula is C17H19N3O5S. The monoisotopic (exact) mass is 377 g/mol. The maximum Gasteiger partial charge on any atom is 0.315 e. The van der Waals surface area contributed by atoms with Gasteiger partial charge in [0.25, 0.3) is 0 Å². The van der Waals surface area contributed by atoms with Gasteiger partial charge < -0.3 is 20.1 Å². The van der Waals surface area contributed by atoms with Gasteiger partial charge in [-0.05, 0) is 42.3 Å². The van der Waals surface area contributed by atoms with E-state index in [2.05, 4.69) is 10.6 Å². The van der Waals surface area contributed by atoms with Crippen LogP contribution in [0.3, 0.4) is 0 Å². The maximum atomic E-state index is 12.1. The van der Waals surface area contributed by atoms with E-state index in [1.807, 2.05) is 12.1 Å². The quantitative estimate of drug-likeness (QED) is 0.731. The predicted molar refractivity (Wildman–Crippen MR) is 94.2 cm³/mol. The molecular weight excluding hydrogens is 358 g/mol. The van der Waals surface area contributed by atoms with Crippen molar-refractivity contribution in [3.8, 4) is 11.5 Å². The Morgan fingerprint density at radius 1 is 1.15 bits per heavy atom. The summed E-state index contributed by atoms with van der Waals surface area (Å²) in [6.07, 6.45) is 0. The summed E-state index contributed by atoms with van der Waals surface area (Å²) in [7, 11) is -3.73. The van der Waals surface area contributed by atoms with Gasteiger partial charge in [-0.2, -0.15) is 0 Å². The Bertz CT molecular complexity index is 912. The van der Waals surface area contributed by atoms with Crippen LogP contribution in [0.4, 0.5) is 4.79 Å². The molecule has 1 aliphatic rings. The summed E-state index contributed by atoms with van der Waals surface area (Å²) < 4.78 is 33.1. The summed E-state index contributed by atoms with van der Waals surface area (Å²) in [5.41, 5.74) is 1.64. The number of amides is 2. The van der Waals surface area contributed by atoms with Crippen molar-refractivity contribution in [3.05, 3.63) is 53.6 Å². The highest BCUT2D eigenvalue weighted by Gasteiger charge is 2.14. The molecule has 2 amide bonds. The molecule has 0 saturated heterocycles. The summed E-state index contributed by atoms with van der Waals surface area (Å²) in [6.45, 7) is 2.33. The topological polar surface area (TPSA) is 120 Å². The molecule has 0 radical (unpaired) electrons. The third-order valence-corrected chi connectivity index (χ3v) is 4.88. The van der Waals surface area contributed by atoms with E-state index in [4.69, 9.17) is 14.6 Å². The van der Waals surface area contributed by atoms with Gasteiger partial charge in [0.1, 0.15) is 0 Å². The number of ether oxygens (including phenoxy) is 2. The maximum absolute atomic E-state index is 12.1. The van der Waals surface area contributed by atoms with Crippen molar-refractivity contribution in [1.29, 1.82) is 0 Å². The van der Waals surface area contributed by atoms with Crippen LogP contribution in [0.25, 0.3) is 0 Å². The molecule has 0 fully saturated rings. The molecule has 0 aromatic heterocycles. The average Bonchev–Trinajstić information content (AvgIpc) is 3.07. The minimum absolute atomic E-state index is 0.0284. The highest BCUT2D eigenvalue weighted by Crippen LogP contribution is 2.32. The van der Waals surface area contributed by atoms with E-state index in [-0.39, 0.29) is 23.8 Å². The smallest absolute Gasteiger partial charge is 0.315 e. The average molecular weight is 377 g/mol. The molecule has 0 aliphatic carbocycles. The van der Waals surface area contributed by atoms with Crippen LogP contribution in [0.1, 0.15) is 24.1 Å². The first kappa shape index (κ1) is 18.0. The Morgan fingerprint density at radius 3 is 2.54 bits per heavy atom. The number of carbonyl (C=O) groups is 1. The molecule has 0 unspecified atom stereocenters. The summed E-state index contributed by atoms with van der Waals surface area (Å²) >= 11 is 0. The number of urea groups is 1. The van der Waals surface area contributed by atoms with Gasteiger partial charge in [0.2, 0.25) is 16.8 Å². The molecule has 138 valence electrons. The largest absolute Gasteiger partial charge is 0.454 e. The summed E-state index contributed by atoms with van der Waals surface area (Å²) in [5, 5.41) is 10.6. The van der Waals surface area contributed by atoms with Gasteiger partial charge in [0.05, 0.1) is 10.9 Å². The molecule has 4 N–H and O–H groups in total. The molecule has 2 aromatic carbocycles. The predicted octanol–water partition coefficient (Wildman–Crippen LogP) is 1.62. The number of nitrogens with one attached hydrogen (secondary N) is 2. The van der Waals surface area contributed by atoms with Crippen LogP contribution >= 0.6 is 0 Å². The van der Waals surface area contributed by atoms with E-state index in [1.165, 1.54) is 12.1 Å². The molecule has 1 aliphatic heterocycles. The van der Waals surface area contributed by atoms with Gasteiger partial charge in [-0.1, -0.05) is 18.2 Å². The van der Waals surface area contributed by atoms with Crippen molar-refractivity contribution in [1.82, 2.24) is 10.6 Å². The van der Waals surface area contributed by atoms with Gasteiger partial charge in [0, 0.05) is 6.54 Å². The number of primary sulfonamides is 1. The number of carbonyl (C=O) groups excluding carboxylic acids is 1. The van der Waals surface area contributed by atoms with Crippen molar-refractivity contribution in [2.75, 3.05) is 6.79 Å². The van der Waals surface area contributed by atoms with Crippen LogP contribution in [0.2, 0.25) is 0 Å². The van der Waals surface area contributed by atoms with E-state index in [1.54, 1.807) is 25.1 Å². The van der Waals surface area contributed by atoms with Gasteiger partial charge >= 0.3 is 6.03 Å². The summed E-state index contributed by atoms with van der Waals surface area (Å²) in [4.78, 5) is 12.1. The zero-order valence-electron chi connectivity index (χ0n) is 14.1. The van der Waals surface area contributed by atoms with E-state index >= 15 is 0 Å². The van der Waals surface area contributed by atoms with E-state index in [0.29, 0.717) is 18.0 Å². The second kappa shape index (κ2) is 7.22. The minimum atomic E-state index is -3.73. The molecule has 9 heteroatoms. The third kappa shape index (κ3) is 4.24. The van der Waals surface area contributed by atoms with Crippen molar-refractivity contribution >= 4 is 16.1 Å². The number of fused-ring (bicyclic) bond motifs is 1. The Kier molecular flexibility index (Phi) is 5.01. The molecule has 2 aromatic rings.